The summed E-state index contributed by atoms with van der Waals surface area (Å²) in [5.41, 5.74) is 0. The SMILES string of the molecule is C.CCOC(=O)CC=O. The molecule has 3 heteroatoms. The molecule has 0 rings (SSSR count). The molecular formula is C6H12O3. The third-order valence-corrected chi connectivity index (χ3v) is 0.555. The highest BCUT2D eigenvalue weighted by atomic mass is 16.5. The lowest BCUT2D eigenvalue weighted by atomic mass is 10.5. The average molecular weight is 132 g/mol. The molecule has 0 aliphatic rings. The lowest BCUT2D eigenvalue weighted by molar-refractivity contribution is -0.143. The first-order valence-electron chi connectivity index (χ1n) is 2.40. The molecule has 0 fully saturated rings. The summed E-state index contributed by atoms with van der Waals surface area (Å²) in [5.74, 6) is -0.456. The van der Waals surface area contributed by atoms with Gasteiger partial charge in [-0.15, -0.1) is 0 Å². The number of aldehydes is 1. The quantitative estimate of drug-likeness (QED) is 0.323. The van der Waals surface area contributed by atoms with Crippen LogP contribution in [0, 0.1) is 0 Å². The number of carbonyl (C=O) groups excluding carboxylic acids is 2. The van der Waals surface area contributed by atoms with Gasteiger partial charge in [-0.3, -0.25) is 4.79 Å². The van der Waals surface area contributed by atoms with Crippen molar-refractivity contribution >= 4 is 12.3 Å². The van der Waals surface area contributed by atoms with Crippen molar-refractivity contribution in [3.8, 4) is 0 Å². The fraction of sp³-hybridized carbons (Fsp3) is 0.667. The van der Waals surface area contributed by atoms with E-state index in [1.54, 1.807) is 6.92 Å². The van der Waals surface area contributed by atoms with Gasteiger partial charge in [0.25, 0.3) is 0 Å². The minimum absolute atomic E-state index is 0. The van der Waals surface area contributed by atoms with Crippen LogP contribution in [0.15, 0.2) is 0 Å². The summed E-state index contributed by atoms with van der Waals surface area (Å²) in [5, 5.41) is 0. The van der Waals surface area contributed by atoms with E-state index in [9.17, 15) is 9.59 Å². The number of ether oxygens (including phenoxy) is 1. The zero-order chi connectivity index (χ0) is 6.41. The van der Waals surface area contributed by atoms with Gasteiger partial charge in [0, 0.05) is 0 Å². The van der Waals surface area contributed by atoms with Crippen LogP contribution >= 0.6 is 0 Å². The van der Waals surface area contributed by atoms with E-state index in [-0.39, 0.29) is 13.8 Å². The normalized spacial score (nSPS) is 7.22. The van der Waals surface area contributed by atoms with E-state index in [4.69, 9.17) is 0 Å². The third-order valence-electron chi connectivity index (χ3n) is 0.555. The molecule has 0 unspecified atom stereocenters. The molecule has 0 saturated carbocycles. The maximum absolute atomic E-state index is 10.2. The number of hydrogen-bond acceptors (Lipinski definition) is 3. The Kier molecular flexibility index (Phi) is 8.73. The molecule has 0 aromatic carbocycles. The smallest absolute Gasteiger partial charge is 0.312 e. The molecule has 0 bridgehead atoms. The third kappa shape index (κ3) is 7.14. The standard InChI is InChI=1S/C5H8O3.CH4/c1-2-8-5(7)3-4-6;/h4H,2-3H2,1H3;1H4. The second kappa shape index (κ2) is 7.14. The van der Waals surface area contributed by atoms with Crippen LogP contribution in [0.25, 0.3) is 0 Å². The lowest BCUT2D eigenvalue weighted by Gasteiger charge is -1.93. The fourth-order valence-corrected chi connectivity index (χ4v) is 0.288. The Morgan fingerprint density at radius 1 is 1.67 bits per heavy atom. The molecule has 0 N–H and O–H groups in total. The van der Waals surface area contributed by atoms with Gasteiger partial charge < -0.3 is 9.53 Å². The van der Waals surface area contributed by atoms with Crippen LogP contribution < -0.4 is 0 Å². The van der Waals surface area contributed by atoms with Crippen molar-refractivity contribution in [2.45, 2.75) is 20.8 Å². The van der Waals surface area contributed by atoms with E-state index in [1.165, 1.54) is 0 Å². The predicted octanol–water partition coefficient (Wildman–Crippen LogP) is 0.775. The van der Waals surface area contributed by atoms with Gasteiger partial charge >= 0.3 is 5.97 Å². The van der Waals surface area contributed by atoms with E-state index >= 15 is 0 Å². The molecule has 0 saturated heterocycles. The van der Waals surface area contributed by atoms with Crippen LogP contribution in [0.4, 0.5) is 0 Å². The number of carbonyl (C=O) groups is 2. The van der Waals surface area contributed by atoms with Crippen molar-refractivity contribution in [2.75, 3.05) is 6.61 Å². The summed E-state index contributed by atoms with van der Waals surface area (Å²) in [7, 11) is 0. The van der Waals surface area contributed by atoms with Gasteiger partial charge in [-0.25, -0.2) is 0 Å². The number of esters is 1. The predicted molar refractivity (Wildman–Crippen MR) is 34.0 cm³/mol. The topological polar surface area (TPSA) is 43.4 Å². The van der Waals surface area contributed by atoms with Gasteiger partial charge in [-0.1, -0.05) is 7.43 Å². The molecule has 0 heterocycles. The van der Waals surface area contributed by atoms with Crippen molar-refractivity contribution in [3.05, 3.63) is 0 Å². The molecule has 9 heavy (non-hydrogen) atoms. The molecule has 0 radical (unpaired) electrons. The molecule has 0 atom stereocenters. The number of rotatable bonds is 3. The van der Waals surface area contributed by atoms with Gasteiger partial charge in [-0.2, -0.15) is 0 Å². The molecule has 0 aromatic rings. The van der Waals surface area contributed by atoms with Crippen molar-refractivity contribution in [1.29, 1.82) is 0 Å². The average Bonchev–Trinajstić information content (AvgIpc) is 1.68. The summed E-state index contributed by atoms with van der Waals surface area (Å²) in [6.07, 6.45) is 0.395. The molecule has 0 amide bonds. The summed E-state index contributed by atoms with van der Waals surface area (Å²) in [6, 6.07) is 0. The van der Waals surface area contributed by atoms with Crippen molar-refractivity contribution in [1.82, 2.24) is 0 Å². The highest BCUT2D eigenvalue weighted by Gasteiger charge is 1.95. The van der Waals surface area contributed by atoms with Crippen LogP contribution in [-0.2, 0) is 14.3 Å². The summed E-state index contributed by atoms with van der Waals surface area (Å²) in [6.45, 7) is 2.04. The first-order valence-corrected chi connectivity index (χ1v) is 2.40. The largest absolute Gasteiger partial charge is 0.466 e. The summed E-state index contributed by atoms with van der Waals surface area (Å²) >= 11 is 0. The van der Waals surface area contributed by atoms with Gasteiger partial charge in [0.15, 0.2) is 0 Å². The van der Waals surface area contributed by atoms with Gasteiger partial charge in [-0.05, 0) is 6.92 Å². The van der Waals surface area contributed by atoms with E-state index < -0.39 is 5.97 Å². The van der Waals surface area contributed by atoms with Crippen molar-refractivity contribution in [3.63, 3.8) is 0 Å². The maximum atomic E-state index is 10.2. The Hall–Kier alpha value is -0.860. The van der Waals surface area contributed by atoms with E-state index in [2.05, 4.69) is 4.74 Å². The first kappa shape index (κ1) is 11.0. The Morgan fingerprint density at radius 3 is 2.56 bits per heavy atom. The fourth-order valence-electron chi connectivity index (χ4n) is 0.288. The lowest BCUT2D eigenvalue weighted by Crippen LogP contribution is -2.03. The van der Waals surface area contributed by atoms with E-state index in [0.717, 1.165) is 0 Å². The maximum Gasteiger partial charge on any atom is 0.312 e. The van der Waals surface area contributed by atoms with Crippen LogP contribution in [0.5, 0.6) is 0 Å². The van der Waals surface area contributed by atoms with Gasteiger partial charge in [0.1, 0.15) is 12.7 Å². The van der Waals surface area contributed by atoms with E-state index in [1.807, 2.05) is 0 Å². The molecule has 0 spiro atoms. The zero-order valence-corrected chi connectivity index (χ0v) is 4.72. The molecule has 0 aliphatic heterocycles. The molecular weight excluding hydrogens is 120 g/mol. The van der Waals surface area contributed by atoms with E-state index in [0.29, 0.717) is 12.9 Å². The van der Waals surface area contributed by atoms with Crippen LogP contribution in [0.3, 0.4) is 0 Å². The van der Waals surface area contributed by atoms with Crippen LogP contribution in [0.2, 0.25) is 0 Å². The Bertz CT molecular complexity index is 88.3. The first-order chi connectivity index (χ1) is 3.81. The second-order valence-electron chi connectivity index (χ2n) is 1.18. The zero-order valence-electron chi connectivity index (χ0n) is 4.72. The highest BCUT2D eigenvalue weighted by Crippen LogP contribution is 1.79. The Morgan fingerprint density at radius 2 is 2.22 bits per heavy atom. The minimum Gasteiger partial charge on any atom is -0.466 e. The van der Waals surface area contributed by atoms with Crippen molar-refractivity contribution < 1.29 is 14.3 Å². The molecule has 54 valence electrons. The highest BCUT2D eigenvalue weighted by molar-refractivity contribution is 5.83. The second-order valence-corrected chi connectivity index (χ2v) is 1.18. The van der Waals surface area contributed by atoms with Crippen LogP contribution in [-0.4, -0.2) is 18.9 Å². The van der Waals surface area contributed by atoms with Crippen LogP contribution in [0.1, 0.15) is 20.8 Å². The van der Waals surface area contributed by atoms with Gasteiger partial charge in [0.2, 0.25) is 0 Å². The summed E-state index contributed by atoms with van der Waals surface area (Å²) < 4.78 is 4.41. The van der Waals surface area contributed by atoms with Gasteiger partial charge in [0.05, 0.1) is 6.61 Å². The molecule has 0 aliphatic carbocycles. The molecule has 0 aromatic heterocycles. The monoisotopic (exact) mass is 132 g/mol. The Labute approximate surface area is 55.0 Å². The summed E-state index contributed by atoms with van der Waals surface area (Å²) in [4.78, 5) is 19.8. The molecule has 3 nitrogen and oxygen atoms in total. The van der Waals surface area contributed by atoms with Crippen molar-refractivity contribution in [2.24, 2.45) is 0 Å². The Balaban J connectivity index is 0. The number of hydrogen-bond donors (Lipinski definition) is 0. The minimum atomic E-state index is -0.456.